The zero-order valence-electron chi connectivity index (χ0n) is 12.2. The molecule has 0 atom stereocenters. The third kappa shape index (κ3) is 3.35. The van der Waals surface area contributed by atoms with Crippen LogP contribution in [0.1, 0.15) is 5.56 Å². The Morgan fingerprint density at radius 1 is 0.955 bits per heavy atom. The van der Waals surface area contributed by atoms with Crippen LogP contribution in [-0.2, 0) is 0 Å². The number of hydrogen-bond donors (Lipinski definition) is 0. The molecule has 1 heterocycles. The molecule has 3 rings (SSSR count). The number of benzene rings is 2. The highest BCUT2D eigenvalue weighted by Crippen LogP contribution is 2.20. The lowest BCUT2D eigenvalue weighted by atomic mass is 10.1. The summed E-state index contributed by atoms with van der Waals surface area (Å²) >= 11 is 0. The van der Waals surface area contributed by atoms with E-state index in [1.54, 1.807) is 19.5 Å². The van der Waals surface area contributed by atoms with Crippen molar-refractivity contribution in [2.24, 2.45) is 4.99 Å². The fraction of sp³-hybridized carbons (Fsp3) is 0.0556. The molecule has 0 fully saturated rings. The summed E-state index contributed by atoms with van der Waals surface area (Å²) in [6.45, 7) is 0. The average molecular weight is 289 g/mol. The molecule has 3 aromatic rings. The number of hydrogen-bond acceptors (Lipinski definition) is 4. The molecule has 108 valence electrons. The molecule has 0 amide bonds. The maximum Gasteiger partial charge on any atom is 0.121 e. The molecule has 0 saturated heterocycles. The number of ether oxygens (including phenoxy) is 1. The van der Waals surface area contributed by atoms with Crippen LogP contribution in [0.5, 0.6) is 5.75 Å². The maximum atomic E-state index is 5.19. The molecule has 0 N–H and O–H groups in total. The van der Waals surface area contributed by atoms with Gasteiger partial charge in [-0.1, -0.05) is 30.3 Å². The molecule has 1 aromatic heterocycles. The van der Waals surface area contributed by atoms with Crippen LogP contribution in [0.4, 0.5) is 5.69 Å². The largest absolute Gasteiger partial charge is 0.497 e. The van der Waals surface area contributed by atoms with Crippen molar-refractivity contribution in [3.63, 3.8) is 0 Å². The van der Waals surface area contributed by atoms with Crippen molar-refractivity contribution in [2.45, 2.75) is 0 Å². The summed E-state index contributed by atoms with van der Waals surface area (Å²) in [6, 6.07) is 15.8. The van der Waals surface area contributed by atoms with E-state index in [1.807, 2.05) is 54.7 Å². The summed E-state index contributed by atoms with van der Waals surface area (Å²) in [5.41, 5.74) is 3.97. The van der Waals surface area contributed by atoms with Crippen molar-refractivity contribution in [1.82, 2.24) is 9.97 Å². The van der Waals surface area contributed by atoms with Gasteiger partial charge in [-0.3, -0.25) is 4.99 Å². The van der Waals surface area contributed by atoms with Crippen LogP contribution in [0, 0.1) is 0 Å². The first-order valence-corrected chi connectivity index (χ1v) is 6.89. The van der Waals surface area contributed by atoms with E-state index in [-0.39, 0.29) is 0 Å². The van der Waals surface area contributed by atoms with Crippen molar-refractivity contribution in [1.29, 1.82) is 0 Å². The summed E-state index contributed by atoms with van der Waals surface area (Å²) < 4.78 is 5.19. The Hall–Kier alpha value is -3.01. The van der Waals surface area contributed by atoms with E-state index in [2.05, 4.69) is 15.0 Å². The Bertz CT molecular complexity index is 768. The second-order valence-corrected chi connectivity index (χ2v) is 4.71. The molecule has 4 heteroatoms. The second kappa shape index (κ2) is 6.63. The topological polar surface area (TPSA) is 47.4 Å². The standard InChI is InChI=1S/C18H15N3O/c1-22-18-4-2-3-17(9-18)21-10-14-5-7-15(8-6-14)16-11-19-13-20-12-16/h2-13H,1H3/b21-10+. The Kier molecular flexibility index (Phi) is 4.20. The minimum absolute atomic E-state index is 0.800. The van der Waals surface area contributed by atoms with Crippen molar-refractivity contribution in [3.8, 4) is 16.9 Å². The summed E-state index contributed by atoms with van der Waals surface area (Å²) in [5, 5.41) is 0. The highest BCUT2D eigenvalue weighted by atomic mass is 16.5. The van der Waals surface area contributed by atoms with Crippen LogP contribution in [0.3, 0.4) is 0 Å². The SMILES string of the molecule is COc1cccc(/N=C/c2ccc(-c3cncnc3)cc2)c1. The first-order chi connectivity index (χ1) is 10.8. The lowest BCUT2D eigenvalue weighted by molar-refractivity contribution is 0.415. The van der Waals surface area contributed by atoms with E-state index >= 15 is 0 Å². The van der Waals surface area contributed by atoms with Gasteiger partial charge in [0.25, 0.3) is 0 Å². The quantitative estimate of drug-likeness (QED) is 0.684. The van der Waals surface area contributed by atoms with Gasteiger partial charge in [0.1, 0.15) is 12.1 Å². The molecular weight excluding hydrogens is 274 g/mol. The molecule has 0 radical (unpaired) electrons. The minimum Gasteiger partial charge on any atom is -0.497 e. The molecule has 4 nitrogen and oxygen atoms in total. The second-order valence-electron chi connectivity index (χ2n) is 4.71. The van der Waals surface area contributed by atoms with Crippen LogP contribution >= 0.6 is 0 Å². The lowest BCUT2D eigenvalue weighted by Gasteiger charge is -2.01. The molecule has 22 heavy (non-hydrogen) atoms. The molecule has 0 saturated carbocycles. The summed E-state index contributed by atoms with van der Waals surface area (Å²) in [6.07, 6.45) is 6.96. The van der Waals surface area contributed by atoms with E-state index in [9.17, 15) is 0 Å². The molecule has 0 aliphatic rings. The predicted octanol–water partition coefficient (Wildman–Crippen LogP) is 3.90. The van der Waals surface area contributed by atoms with E-state index < -0.39 is 0 Å². The van der Waals surface area contributed by atoms with Crippen molar-refractivity contribution in [3.05, 3.63) is 72.8 Å². The van der Waals surface area contributed by atoms with Gasteiger partial charge in [0, 0.05) is 30.2 Å². The average Bonchev–Trinajstić information content (AvgIpc) is 2.61. The maximum absolute atomic E-state index is 5.19. The normalized spacial score (nSPS) is 10.8. The van der Waals surface area contributed by atoms with E-state index in [0.717, 1.165) is 28.1 Å². The number of methoxy groups -OCH3 is 1. The fourth-order valence-corrected chi connectivity index (χ4v) is 2.05. The monoisotopic (exact) mass is 289 g/mol. The van der Waals surface area contributed by atoms with Crippen LogP contribution in [0.2, 0.25) is 0 Å². The van der Waals surface area contributed by atoms with Gasteiger partial charge in [-0.2, -0.15) is 0 Å². The molecule has 0 unspecified atom stereocenters. The van der Waals surface area contributed by atoms with Crippen LogP contribution < -0.4 is 4.74 Å². The molecule has 0 aliphatic heterocycles. The number of rotatable bonds is 4. The molecule has 0 bridgehead atoms. The zero-order chi connectivity index (χ0) is 15.2. The Morgan fingerprint density at radius 3 is 2.45 bits per heavy atom. The van der Waals surface area contributed by atoms with Crippen LogP contribution in [-0.4, -0.2) is 23.3 Å². The molecule has 0 aliphatic carbocycles. The van der Waals surface area contributed by atoms with Gasteiger partial charge in [-0.15, -0.1) is 0 Å². The van der Waals surface area contributed by atoms with Crippen molar-refractivity contribution < 1.29 is 4.74 Å². The molecule has 0 spiro atoms. The first kappa shape index (κ1) is 13.9. The summed E-state index contributed by atoms with van der Waals surface area (Å²) in [7, 11) is 1.65. The smallest absolute Gasteiger partial charge is 0.121 e. The van der Waals surface area contributed by atoms with Crippen molar-refractivity contribution in [2.75, 3.05) is 7.11 Å². The first-order valence-electron chi connectivity index (χ1n) is 6.89. The predicted molar refractivity (Wildman–Crippen MR) is 87.7 cm³/mol. The van der Waals surface area contributed by atoms with Crippen LogP contribution in [0.15, 0.2) is 72.2 Å². The van der Waals surface area contributed by atoms with Gasteiger partial charge >= 0.3 is 0 Å². The zero-order valence-corrected chi connectivity index (χ0v) is 12.2. The lowest BCUT2D eigenvalue weighted by Crippen LogP contribution is -1.84. The molecule has 2 aromatic carbocycles. The van der Waals surface area contributed by atoms with Crippen LogP contribution in [0.25, 0.3) is 11.1 Å². The summed E-state index contributed by atoms with van der Waals surface area (Å²) in [5.74, 6) is 0.800. The summed E-state index contributed by atoms with van der Waals surface area (Å²) in [4.78, 5) is 12.5. The third-order valence-electron chi connectivity index (χ3n) is 3.22. The van der Waals surface area contributed by atoms with Gasteiger partial charge in [0.05, 0.1) is 12.8 Å². The third-order valence-corrected chi connectivity index (χ3v) is 3.22. The number of aromatic nitrogens is 2. The Balaban J connectivity index is 1.77. The van der Waals surface area contributed by atoms with E-state index in [0.29, 0.717) is 0 Å². The minimum atomic E-state index is 0.800. The molecular formula is C18H15N3O. The Labute approximate surface area is 129 Å². The number of nitrogens with zero attached hydrogens (tertiary/aromatic N) is 3. The van der Waals surface area contributed by atoms with Gasteiger partial charge in [0.15, 0.2) is 0 Å². The van der Waals surface area contributed by atoms with E-state index in [1.165, 1.54) is 6.33 Å². The van der Waals surface area contributed by atoms with Crippen molar-refractivity contribution >= 4 is 11.9 Å². The Morgan fingerprint density at radius 2 is 1.73 bits per heavy atom. The number of aliphatic imine (C=N–C) groups is 1. The highest BCUT2D eigenvalue weighted by Gasteiger charge is 1.97. The van der Waals surface area contributed by atoms with Gasteiger partial charge in [-0.05, 0) is 23.3 Å². The highest BCUT2D eigenvalue weighted by molar-refractivity contribution is 5.83. The van der Waals surface area contributed by atoms with E-state index in [4.69, 9.17) is 4.74 Å². The van der Waals surface area contributed by atoms with Gasteiger partial charge < -0.3 is 4.74 Å². The fourth-order valence-electron chi connectivity index (χ4n) is 2.05. The van der Waals surface area contributed by atoms with Gasteiger partial charge in [-0.25, -0.2) is 9.97 Å². The van der Waals surface area contributed by atoms with Gasteiger partial charge in [0.2, 0.25) is 0 Å².